The highest BCUT2D eigenvalue weighted by molar-refractivity contribution is 7.89. The molecular weight excluding hydrogens is 244 g/mol. The van der Waals surface area contributed by atoms with Crippen molar-refractivity contribution < 1.29 is 17.9 Å². The Kier molecular flexibility index (Phi) is 3.42. The Bertz CT molecular complexity index is 409. The molecule has 2 heterocycles. The molecule has 2 fully saturated rings. The summed E-state index contributed by atoms with van der Waals surface area (Å²) in [5.41, 5.74) is 0. The summed E-state index contributed by atoms with van der Waals surface area (Å²) in [5, 5.41) is 3.27. The fourth-order valence-corrected chi connectivity index (χ4v) is 4.45. The predicted molar refractivity (Wildman–Crippen MR) is 61.8 cm³/mol. The first-order valence-electron chi connectivity index (χ1n) is 5.72. The summed E-state index contributed by atoms with van der Waals surface area (Å²) in [5.74, 6) is -0.520. The molecule has 0 spiro atoms. The van der Waals surface area contributed by atoms with Crippen LogP contribution in [0, 0.1) is 11.8 Å². The quantitative estimate of drug-likeness (QED) is 0.662. The van der Waals surface area contributed by atoms with Gasteiger partial charge in [-0.3, -0.25) is 4.79 Å². The molecule has 2 saturated heterocycles. The third kappa shape index (κ3) is 2.31. The van der Waals surface area contributed by atoms with Crippen LogP contribution in [0.3, 0.4) is 0 Å². The number of carbonyl (C=O) groups excluding carboxylic acids is 1. The minimum Gasteiger partial charge on any atom is -0.468 e. The fraction of sp³-hybridized carbons (Fsp3) is 0.900. The van der Waals surface area contributed by atoms with Gasteiger partial charge in [0.25, 0.3) is 0 Å². The average Bonchev–Trinajstić information content (AvgIpc) is 2.81. The molecule has 17 heavy (non-hydrogen) atoms. The lowest BCUT2D eigenvalue weighted by Crippen LogP contribution is -2.41. The zero-order valence-electron chi connectivity index (χ0n) is 10.0. The van der Waals surface area contributed by atoms with E-state index in [1.54, 1.807) is 0 Å². The SMILES string of the molecule is COC(=O)CS(=O)(=O)N1CC2CNCC2C1C. The molecule has 2 rings (SSSR count). The molecule has 0 aromatic heterocycles. The standard InChI is InChI=1S/C10H18N2O4S/c1-7-9-4-11-3-8(9)5-12(7)17(14,15)6-10(13)16-2/h7-9,11H,3-6H2,1-2H3. The first-order valence-corrected chi connectivity index (χ1v) is 7.33. The molecule has 0 bridgehead atoms. The Morgan fingerprint density at radius 1 is 1.47 bits per heavy atom. The topological polar surface area (TPSA) is 75.7 Å². The van der Waals surface area contributed by atoms with Crippen molar-refractivity contribution in [2.75, 3.05) is 32.5 Å². The van der Waals surface area contributed by atoms with Crippen LogP contribution in [0.4, 0.5) is 0 Å². The Morgan fingerprint density at radius 2 is 2.18 bits per heavy atom. The van der Waals surface area contributed by atoms with Crippen molar-refractivity contribution in [2.24, 2.45) is 11.8 Å². The number of nitrogens with zero attached hydrogens (tertiary/aromatic N) is 1. The first kappa shape index (κ1) is 12.8. The summed E-state index contributed by atoms with van der Waals surface area (Å²) in [6.45, 7) is 4.14. The van der Waals surface area contributed by atoms with E-state index in [-0.39, 0.29) is 6.04 Å². The van der Waals surface area contributed by atoms with Crippen molar-refractivity contribution in [3.05, 3.63) is 0 Å². The molecule has 0 aliphatic carbocycles. The van der Waals surface area contributed by atoms with Crippen LogP contribution in [-0.2, 0) is 19.6 Å². The predicted octanol–water partition coefficient (Wildman–Crippen LogP) is -0.971. The molecule has 98 valence electrons. The van der Waals surface area contributed by atoms with Gasteiger partial charge in [-0.05, 0) is 31.8 Å². The molecule has 3 unspecified atom stereocenters. The van der Waals surface area contributed by atoms with Gasteiger partial charge in [0.15, 0.2) is 5.75 Å². The van der Waals surface area contributed by atoms with Crippen LogP contribution in [-0.4, -0.2) is 57.2 Å². The van der Waals surface area contributed by atoms with Gasteiger partial charge in [-0.25, -0.2) is 8.42 Å². The summed E-state index contributed by atoms with van der Waals surface area (Å²) in [6, 6.07) is -0.0374. The number of carbonyl (C=O) groups is 1. The average molecular weight is 262 g/mol. The summed E-state index contributed by atoms with van der Waals surface area (Å²) < 4.78 is 30.0. The molecule has 3 atom stereocenters. The number of hydrogen-bond acceptors (Lipinski definition) is 5. The normalized spacial score (nSPS) is 33.6. The van der Waals surface area contributed by atoms with E-state index in [4.69, 9.17) is 0 Å². The third-order valence-corrected chi connectivity index (χ3v) is 5.56. The van der Waals surface area contributed by atoms with Crippen LogP contribution in [0.2, 0.25) is 0 Å². The maximum atomic E-state index is 12.0. The van der Waals surface area contributed by atoms with Crippen molar-refractivity contribution in [1.29, 1.82) is 0 Å². The monoisotopic (exact) mass is 262 g/mol. The van der Waals surface area contributed by atoms with Gasteiger partial charge in [-0.15, -0.1) is 0 Å². The van der Waals surface area contributed by atoms with Gasteiger partial charge in [0.1, 0.15) is 0 Å². The van der Waals surface area contributed by atoms with E-state index in [2.05, 4.69) is 10.1 Å². The van der Waals surface area contributed by atoms with Crippen LogP contribution >= 0.6 is 0 Å². The molecule has 0 aromatic carbocycles. The van der Waals surface area contributed by atoms with Crippen LogP contribution in [0.15, 0.2) is 0 Å². The molecule has 0 radical (unpaired) electrons. The van der Waals surface area contributed by atoms with E-state index in [9.17, 15) is 13.2 Å². The van der Waals surface area contributed by atoms with Crippen molar-refractivity contribution in [3.63, 3.8) is 0 Å². The van der Waals surface area contributed by atoms with Gasteiger partial charge < -0.3 is 10.1 Å². The molecule has 1 N–H and O–H groups in total. The van der Waals surface area contributed by atoms with E-state index in [0.717, 1.165) is 13.1 Å². The largest absolute Gasteiger partial charge is 0.468 e. The Labute approximate surface area is 101 Å². The summed E-state index contributed by atoms with van der Waals surface area (Å²) in [6.07, 6.45) is 0. The van der Waals surface area contributed by atoms with E-state index in [0.29, 0.717) is 18.4 Å². The van der Waals surface area contributed by atoms with Crippen LogP contribution in [0.5, 0.6) is 0 Å². The van der Waals surface area contributed by atoms with Gasteiger partial charge in [0.05, 0.1) is 7.11 Å². The minimum absolute atomic E-state index is 0.0374. The fourth-order valence-electron chi connectivity index (χ4n) is 2.79. The molecule has 2 aliphatic heterocycles. The summed E-state index contributed by atoms with van der Waals surface area (Å²) in [4.78, 5) is 11.1. The Balaban J connectivity index is 2.10. The highest BCUT2D eigenvalue weighted by Gasteiger charge is 2.46. The van der Waals surface area contributed by atoms with Crippen molar-refractivity contribution in [1.82, 2.24) is 9.62 Å². The van der Waals surface area contributed by atoms with Gasteiger partial charge in [-0.2, -0.15) is 4.31 Å². The van der Waals surface area contributed by atoms with Crippen molar-refractivity contribution >= 4 is 16.0 Å². The van der Waals surface area contributed by atoms with Crippen molar-refractivity contribution in [3.8, 4) is 0 Å². The molecule has 2 aliphatic rings. The first-order chi connectivity index (χ1) is 7.95. The Hall–Kier alpha value is -0.660. The highest BCUT2D eigenvalue weighted by Crippen LogP contribution is 2.34. The van der Waals surface area contributed by atoms with Gasteiger partial charge in [0, 0.05) is 12.6 Å². The highest BCUT2D eigenvalue weighted by atomic mass is 32.2. The van der Waals surface area contributed by atoms with Gasteiger partial charge >= 0.3 is 5.97 Å². The number of methoxy groups -OCH3 is 1. The molecule has 0 saturated carbocycles. The van der Waals surface area contributed by atoms with E-state index >= 15 is 0 Å². The third-order valence-electron chi connectivity index (χ3n) is 3.77. The number of hydrogen-bond donors (Lipinski definition) is 1. The summed E-state index contributed by atoms with van der Waals surface area (Å²) in [7, 11) is -2.33. The number of nitrogens with one attached hydrogen (secondary N) is 1. The number of esters is 1. The second kappa shape index (κ2) is 4.55. The van der Waals surface area contributed by atoms with Crippen LogP contribution < -0.4 is 5.32 Å². The smallest absolute Gasteiger partial charge is 0.322 e. The Morgan fingerprint density at radius 3 is 2.76 bits per heavy atom. The maximum Gasteiger partial charge on any atom is 0.322 e. The number of fused-ring (bicyclic) bond motifs is 1. The van der Waals surface area contributed by atoms with Crippen LogP contribution in [0.25, 0.3) is 0 Å². The lowest BCUT2D eigenvalue weighted by molar-refractivity contribution is -0.137. The van der Waals surface area contributed by atoms with E-state index in [1.807, 2.05) is 6.92 Å². The minimum atomic E-state index is -3.53. The zero-order chi connectivity index (χ0) is 12.6. The van der Waals surface area contributed by atoms with E-state index < -0.39 is 21.7 Å². The molecule has 6 nitrogen and oxygen atoms in total. The van der Waals surface area contributed by atoms with Crippen LogP contribution in [0.1, 0.15) is 6.92 Å². The number of ether oxygens (including phenoxy) is 1. The molecule has 0 amide bonds. The lowest BCUT2D eigenvalue weighted by Gasteiger charge is -2.23. The number of sulfonamides is 1. The molecular formula is C10H18N2O4S. The van der Waals surface area contributed by atoms with Crippen molar-refractivity contribution in [2.45, 2.75) is 13.0 Å². The number of rotatable bonds is 3. The zero-order valence-corrected chi connectivity index (χ0v) is 10.9. The molecule has 7 heteroatoms. The second-order valence-electron chi connectivity index (χ2n) is 4.72. The summed E-state index contributed by atoms with van der Waals surface area (Å²) >= 11 is 0. The van der Waals surface area contributed by atoms with Gasteiger partial charge in [-0.1, -0.05) is 0 Å². The maximum absolute atomic E-state index is 12.0. The second-order valence-corrected chi connectivity index (χ2v) is 6.65. The molecule has 0 aromatic rings. The van der Waals surface area contributed by atoms with Gasteiger partial charge in [0.2, 0.25) is 10.0 Å². The van der Waals surface area contributed by atoms with E-state index in [1.165, 1.54) is 11.4 Å². The lowest BCUT2D eigenvalue weighted by atomic mass is 9.95.